The molecule has 88 valence electrons. The Morgan fingerprint density at radius 1 is 1.41 bits per heavy atom. The molecule has 17 heavy (non-hydrogen) atoms. The minimum atomic E-state index is 0.563. The zero-order valence-electron chi connectivity index (χ0n) is 9.57. The average Bonchev–Trinajstić information content (AvgIpc) is 2.76. The van der Waals surface area contributed by atoms with Crippen molar-refractivity contribution >= 4 is 11.6 Å². The van der Waals surface area contributed by atoms with Gasteiger partial charge < -0.3 is 5.32 Å². The summed E-state index contributed by atoms with van der Waals surface area (Å²) in [6, 6.07) is 2.06. The second kappa shape index (κ2) is 4.13. The first-order valence-corrected chi connectivity index (χ1v) is 6.01. The molecule has 3 rings (SSSR count). The lowest BCUT2D eigenvalue weighted by Gasteiger charge is -2.16. The molecule has 0 amide bonds. The van der Waals surface area contributed by atoms with Crippen LogP contribution in [0.5, 0.6) is 0 Å². The summed E-state index contributed by atoms with van der Waals surface area (Å²) in [5.41, 5.74) is 4.44. The smallest absolute Gasteiger partial charge is 0.131 e. The van der Waals surface area contributed by atoms with E-state index < -0.39 is 0 Å². The number of nitrogens with zero attached hydrogens (tertiary/aromatic N) is 3. The van der Waals surface area contributed by atoms with Gasteiger partial charge in [0.25, 0.3) is 0 Å². The van der Waals surface area contributed by atoms with Gasteiger partial charge in [0.05, 0.1) is 18.4 Å². The van der Waals surface area contributed by atoms with E-state index in [-0.39, 0.29) is 0 Å². The Bertz CT molecular complexity index is 562. The molecule has 0 saturated carbocycles. The predicted molar refractivity (Wildman–Crippen MR) is 66.9 cm³/mol. The Labute approximate surface area is 105 Å². The van der Waals surface area contributed by atoms with Crippen LogP contribution in [-0.4, -0.2) is 21.3 Å². The summed E-state index contributed by atoms with van der Waals surface area (Å²) in [7, 11) is 0. The first-order chi connectivity index (χ1) is 8.25. The number of hydrogen-bond acceptors (Lipinski definition) is 3. The molecule has 0 spiro atoms. The molecule has 0 aliphatic carbocycles. The highest BCUT2D eigenvalue weighted by molar-refractivity contribution is 6.30. The van der Waals surface area contributed by atoms with Crippen LogP contribution in [0.15, 0.2) is 18.5 Å². The monoisotopic (exact) mass is 248 g/mol. The summed E-state index contributed by atoms with van der Waals surface area (Å²) in [5, 5.41) is 8.32. The molecule has 4 nitrogen and oxygen atoms in total. The molecule has 0 saturated heterocycles. The zero-order valence-corrected chi connectivity index (χ0v) is 10.3. The van der Waals surface area contributed by atoms with Crippen LogP contribution < -0.4 is 5.32 Å². The number of aryl methyl sites for hydroxylation is 1. The van der Waals surface area contributed by atoms with E-state index in [1.807, 2.05) is 19.3 Å². The molecule has 0 fully saturated rings. The maximum atomic E-state index is 5.94. The number of halogens is 1. The van der Waals surface area contributed by atoms with Crippen LogP contribution in [-0.2, 0) is 13.1 Å². The van der Waals surface area contributed by atoms with Crippen molar-refractivity contribution in [3.63, 3.8) is 0 Å². The first-order valence-electron chi connectivity index (χ1n) is 5.63. The molecule has 3 heterocycles. The van der Waals surface area contributed by atoms with E-state index >= 15 is 0 Å². The highest BCUT2D eigenvalue weighted by Gasteiger charge is 2.16. The summed E-state index contributed by atoms with van der Waals surface area (Å²) in [6.07, 6.45) is 3.72. The van der Waals surface area contributed by atoms with Crippen LogP contribution >= 0.6 is 11.6 Å². The molecular formula is C12H13ClN4. The van der Waals surface area contributed by atoms with Gasteiger partial charge in [-0.1, -0.05) is 11.6 Å². The number of rotatable bonds is 1. The minimum absolute atomic E-state index is 0.563. The zero-order chi connectivity index (χ0) is 11.8. The molecule has 0 atom stereocenters. The number of hydrogen-bond donors (Lipinski definition) is 1. The van der Waals surface area contributed by atoms with Gasteiger partial charge >= 0.3 is 0 Å². The van der Waals surface area contributed by atoms with Gasteiger partial charge in [0.1, 0.15) is 5.15 Å². The number of fused-ring (bicyclic) bond motifs is 1. The summed E-state index contributed by atoms with van der Waals surface area (Å²) >= 11 is 5.94. The van der Waals surface area contributed by atoms with Crippen molar-refractivity contribution in [2.75, 3.05) is 6.54 Å². The van der Waals surface area contributed by atoms with E-state index in [0.29, 0.717) is 5.15 Å². The Balaban J connectivity index is 2.09. The Hall–Kier alpha value is -1.39. The van der Waals surface area contributed by atoms with E-state index in [2.05, 4.69) is 26.1 Å². The van der Waals surface area contributed by atoms with Gasteiger partial charge in [-0.2, -0.15) is 5.10 Å². The van der Waals surface area contributed by atoms with Gasteiger partial charge in [0.2, 0.25) is 0 Å². The summed E-state index contributed by atoms with van der Waals surface area (Å²) in [5.74, 6) is 0. The fourth-order valence-corrected chi connectivity index (χ4v) is 2.23. The second-order valence-electron chi connectivity index (χ2n) is 4.24. The molecule has 0 radical (unpaired) electrons. The van der Waals surface area contributed by atoms with E-state index in [9.17, 15) is 0 Å². The molecule has 0 unspecified atom stereocenters. The SMILES string of the molecule is Cc1cc(-c2cnn3c2CNCC3)cnc1Cl. The van der Waals surface area contributed by atoms with Crippen molar-refractivity contribution in [1.29, 1.82) is 0 Å². The maximum absolute atomic E-state index is 5.94. The fourth-order valence-electron chi connectivity index (χ4n) is 2.13. The van der Waals surface area contributed by atoms with Crippen molar-refractivity contribution in [2.24, 2.45) is 0 Å². The van der Waals surface area contributed by atoms with Crippen molar-refractivity contribution < 1.29 is 0 Å². The predicted octanol–water partition coefficient (Wildman–Crippen LogP) is 2.01. The standard InChI is InChI=1S/C12H13ClN4/c1-8-4-9(5-15-12(8)13)10-6-16-17-3-2-14-7-11(10)17/h4-6,14H,2-3,7H2,1H3. The molecule has 2 aromatic heterocycles. The molecule has 5 heteroatoms. The van der Waals surface area contributed by atoms with Gasteiger partial charge in [-0.25, -0.2) is 4.98 Å². The molecule has 1 aliphatic heterocycles. The summed E-state index contributed by atoms with van der Waals surface area (Å²) in [4.78, 5) is 4.19. The number of aromatic nitrogens is 3. The largest absolute Gasteiger partial charge is 0.309 e. The normalized spacial score (nSPS) is 14.7. The van der Waals surface area contributed by atoms with Crippen LogP contribution in [0.2, 0.25) is 5.15 Å². The van der Waals surface area contributed by atoms with E-state index in [1.54, 1.807) is 0 Å². The highest BCUT2D eigenvalue weighted by atomic mass is 35.5. The summed E-state index contributed by atoms with van der Waals surface area (Å²) in [6.45, 7) is 4.73. The van der Waals surface area contributed by atoms with Crippen molar-refractivity contribution in [2.45, 2.75) is 20.0 Å². The Morgan fingerprint density at radius 3 is 3.12 bits per heavy atom. The van der Waals surface area contributed by atoms with Crippen LogP contribution in [0, 0.1) is 6.92 Å². The van der Waals surface area contributed by atoms with Gasteiger partial charge in [-0.05, 0) is 18.6 Å². The van der Waals surface area contributed by atoms with Gasteiger partial charge in [0.15, 0.2) is 0 Å². The van der Waals surface area contributed by atoms with Crippen LogP contribution in [0.25, 0.3) is 11.1 Å². The lowest BCUT2D eigenvalue weighted by atomic mass is 10.1. The lowest BCUT2D eigenvalue weighted by molar-refractivity contribution is 0.476. The van der Waals surface area contributed by atoms with E-state index in [0.717, 1.165) is 36.3 Å². The van der Waals surface area contributed by atoms with Crippen LogP contribution in [0.1, 0.15) is 11.3 Å². The van der Waals surface area contributed by atoms with Crippen molar-refractivity contribution in [3.05, 3.63) is 34.9 Å². The fraction of sp³-hybridized carbons (Fsp3) is 0.333. The number of pyridine rings is 1. The minimum Gasteiger partial charge on any atom is -0.309 e. The summed E-state index contributed by atoms with van der Waals surface area (Å²) < 4.78 is 2.05. The number of nitrogens with one attached hydrogen (secondary N) is 1. The van der Waals surface area contributed by atoms with Crippen LogP contribution in [0.3, 0.4) is 0 Å². The Morgan fingerprint density at radius 2 is 2.29 bits per heavy atom. The van der Waals surface area contributed by atoms with Crippen LogP contribution in [0.4, 0.5) is 0 Å². The van der Waals surface area contributed by atoms with E-state index in [4.69, 9.17) is 11.6 Å². The third-order valence-electron chi connectivity index (χ3n) is 3.07. The van der Waals surface area contributed by atoms with Gasteiger partial charge in [-0.15, -0.1) is 0 Å². The topological polar surface area (TPSA) is 42.7 Å². The first kappa shape index (κ1) is 10.7. The molecule has 0 bridgehead atoms. The molecule has 1 aliphatic rings. The van der Waals surface area contributed by atoms with Gasteiger partial charge in [0, 0.05) is 30.4 Å². The highest BCUT2D eigenvalue weighted by Crippen LogP contribution is 2.26. The second-order valence-corrected chi connectivity index (χ2v) is 4.59. The molecule has 0 aromatic carbocycles. The Kier molecular flexibility index (Phi) is 2.61. The lowest BCUT2D eigenvalue weighted by Crippen LogP contribution is -2.28. The molecule has 1 N–H and O–H groups in total. The maximum Gasteiger partial charge on any atom is 0.131 e. The van der Waals surface area contributed by atoms with Gasteiger partial charge in [-0.3, -0.25) is 4.68 Å². The molecular weight excluding hydrogens is 236 g/mol. The third kappa shape index (κ3) is 1.83. The average molecular weight is 249 g/mol. The third-order valence-corrected chi connectivity index (χ3v) is 3.46. The quantitative estimate of drug-likeness (QED) is 0.785. The van der Waals surface area contributed by atoms with Crippen molar-refractivity contribution in [1.82, 2.24) is 20.1 Å². The van der Waals surface area contributed by atoms with Crippen molar-refractivity contribution in [3.8, 4) is 11.1 Å². The molecule has 2 aromatic rings. The van der Waals surface area contributed by atoms with E-state index in [1.165, 1.54) is 5.69 Å².